The second kappa shape index (κ2) is 11.2. The summed E-state index contributed by atoms with van der Waals surface area (Å²) in [5.41, 5.74) is 0.839. The predicted molar refractivity (Wildman–Crippen MR) is 113 cm³/mol. The van der Waals surface area contributed by atoms with Crippen LogP contribution in [-0.2, 0) is 4.74 Å². The highest BCUT2D eigenvalue weighted by atomic mass is 35.5. The Kier molecular flexibility index (Phi) is 10.5. The van der Waals surface area contributed by atoms with Gasteiger partial charge in [-0.15, -0.1) is 0 Å². The van der Waals surface area contributed by atoms with Crippen molar-refractivity contribution in [3.63, 3.8) is 0 Å². The molecular weight excluding hydrogens is 382 g/mol. The fraction of sp³-hybridized carbons (Fsp3) is 0.706. The third-order valence-corrected chi connectivity index (χ3v) is 8.16. The van der Waals surface area contributed by atoms with Crippen LogP contribution < -0.4 is 4.72 Å². The molecule has 1 saturated heterocycles. The average Bonchev–Trinajstić information content (AvgIpc) is 2.53. The molecule has 2 unspecified atom stereocenters. The van der Waals surface area contributed by atoms with Crippen molar-refractivity contribution in [1.29, 1.82) is 0 Å². The van der Waals surface area contributed by atoms with Gasteiger partial charge in [0, 0.05) is 0 Å². The van der Waals surface area contributed by atoms with Crippen molar-refractivity contribution in [3.8, 4) is 0 Å². The first kappa shape index (κ1) is 22.5. The summed E-state index contributed by atoms with van der Waals surface area (Å²) in [7, 11) is -0.104. The first-order valence-corrected chi connectivity index (χ1v) is 12.5. The zero-order valence-corrected chi connectivity index (χ0v) is 18.3. The van der Waals surface area contributed by atoms with Crippen LogP contribution in [0.5, 0.6) is 0 Å². The van der Waals surface area contributed by atoms with Gasteiger partial charge in [-0.05, 0) is 50.4 Å². The van der Waals surface area contributed by atoms with E-state index in [2.05, 4.69) is 43.7 Å². The van der Waals surface area contributed by atoms with Gasteiger partial charge in [0.2, 0.25) is 0 Å². The van der Waals surface area contributed by atoms with Crippen molar-refractivity contribution >= 4 is 47.1 Å². The highest BCUT2D eigenvalue weighted by Gasteiger charge is 2.45. The molecule has 0 aromatic rings. The minimum Gasteiger partial charge on any atom is -0.377 e. The van der Waals surface area contributed by atoms with E-state index in [-0.39, 0.29) is 12.7 Å². The molecule has 1 fully saturated rings. The molecule has 1 aliphatic rings. The molecule has 0 bridgehead atoms. The first-order valence-electron chi connectivity index (χ1n) is 8.40. The average molecular weight is 411 g/mol. The van der Waals surface area contributed by atoms with E-state index in [1.165, 1.54) is 25.1 Å². The number of hydrogen-bond donors (Lipinski definition) is 1. The van der Waals surface area contributed by atoms with E-state index in [4.69, 9.17) is 27.9 Å². The molecule has 2 atom stereocenters. The van der Waals surface area contributed by atoms with E-state index in [1.807, 2.05) is 11.6 Å². The van der Waals surface area contributed by atoms with E-state index < -0.39 is 0 Å². The maximum Gasteiger partial charge on any atom is 0.132 e. The van der Waals surface area contributed by atoms with Gasteiger partial charge in [0.05, 0.1) is 18.8 Å². The van der Waals surface area contributed by atoms with Crippen LogP contribution in [0.2, 0.25) is 0 Å². The van der Waals surface area contributed by atoms with Gasteiger partial charge in [-0.2, -0.15) is 0 Å². The maximum absolute atomic E-state index is 6.55. The van der Waals surface area contributed by atoms with E-state index in [1.54, 1.807) is 0 Å². The number of halogens is 2. The Bertz CT molecular complexity index is 481. The summed E-state index contributed by atoms with van der Waals surface area (Å²) in [4.78, 5) is 4.30. The Balaban J connectivity index is 3.00. The molecule has 0 aromatic heterocycles. The summed E-state index contributed by atoms with van der Waals surface area (Å²) in [6.07, 6.45) is 6.25. The SMILES string of the molecule is C=CC(Cl)=N/C(Cl)=C(\C(C)CC)C1(NSP(C)CCCC)COC1. The molecule has 0 spiro atoms. The van der Waals surface area contributed by atoms with Crippen molar-refractivity contribution in [2.45, 2.75) is 45.6 Å². The van der Waals surface area contributed by atoms with Gasteiger partial charge >= 0.3 is 0 Å². The topological polar surface area (TPSA) is 33.6 Å². The zero-order valence-electron chi connectivity index (χ0n) is 15.1. The van der Waals surface area contributed by atoms with Crippen LogP contribution in [0.3, 0.4) is 0 Å². The van der Waals surface area contributed by atoms with Gasteiger partial charge in [0.25, 0.3) is 0 Å². The minimum absolute atomic E-state index is 0.104. The van der Waals surface area contributed by atoms with Crippen LogP contribution in [0.25, 0.3) is 0 Å². The van der Waals surface area contributed by atoms with Crippen LogP contribution in [0.4, 0.5) is 0 Å². The number of unbranched alkanes of at least 4 members (excludes halogenated alkanes) is 1. The van der Waals surface area contributed by atoms with Crippen molar-refractivity contribution < 1.29 is 4.74 Å². The minimum atomic E-state index is -0.248. The zero-order chi connectivity index (χ0) is 18.2. The standard InChI is InChI=1S/C17H29Cl2N2OPS/c1-6-9-10-23(5)24-21-17(11-22-12-17)15(13(4)7-2)16(19)20-14(18)8-3/h8,13,21H,3,6-7,9-12H2,1-2,4-5H3/b16-15+,20-14?. The Morgan fingerprint density at radius 2 is 2.12 bits per heavy atom. The summed E-state index contributed by atoms with van der Waals surface area (Å²) >= 11 is 14.4. The van der Waals surface area contributed by atoms with Gasteiger partial charge in [0.15, 0.2) is 0 Å². The number of hydrogen-bond acceptors (Lipinski definition) is 4. The number of rotatable bonds is 11. The monoisotopic (exact) mass is 410 g/mol. The number of allylic oxidation sites excluding steroid dienone is 1. The normalized spacial score (nSPS) is 20.8. The number of nitrogens with one attached hydrogen (secondary N) is 1. The highest BCUT2D eigenvalue weighted by Crippen LogP contribution is 2.48. The van der Waals surface area contributed by atoms with Crippen LogP contribution >= 0.6 is 41.9 Å². The molecule has 0 aliphatic carbocycles. The summed E-state index contributed by atoms with van der Waals surface area (Å²) in [5.74, 6) is 0.297. The van der Waals surface area contributed by atoms with Crippen molar-refractivity contribution in [1.82, 2.24) is 4.72 Å². The lowest BCUT2D eigenvalue weighted by molar-refractivity contribution is -0.0456. The molecular formula is C17H29Cl2N2OPS. The molecule has 1 aliphatic heterocycles. The lowest BCUT2D eigenvalue weighted by Gasteiger charge is -2.46. The molecule has 1 heterocycles. The van der Waals surface area contributed by atoms with Gasteiger partial charge in [-0.1, -0.05) is 68.5 Å². The van der Waals surface area contributed by atoms with Crippen molar-refractivity contribution in [2.24, 2.45) is 10.9 Å². The van der Waals surface area contributed by atoms with Crippen LogP contribution in [0, 0.1) is 5.92 Å². The van der Waals surface area contributed by atoms with Crippen molar-refractivity contribution in [3.05, 3.63) is 23.4 Å². The van der Waals surface area contributed by atoms with Crippen LogP contribution in [0.1, 0.15) is 40.0 Å². The second-order valence-electron chi connectivity index (χ2n) is 6.13. The molecule has 0 aromatic carbocycles. The number of ether oxygens (including phenoxy) is 1. The molecule has 7 heteroatoms. The second-order valence-corrected chi connectivity index (χ2v) is 11.4. The summed E-state index contributed by atoms with van der Waals surface area (Å²) in [6, 6.07) is 0. The molecule has 1 rings (SSSR count). The predicted octanol–water partition coefficient (Wildman–Crippen LogP) is 6.14. The Morgan fingerprint density at radius 1 is 1.46 bits per heavy atom. The van der Waals surface area contributed by atoms with Gasteiger partial charge in [-0.25, -0.2) is 9.71 Å². The fourth-order valence-electron chi connectivity index (χ4n) is 2.44. The summed E-state index contributed by atoms with van der Waals surface area (Å²) in [6.45, 7) is 13.7. The maximum atomic E-state index is 6.55. The van der Waals surface area contributed by atoms with Gasteiger partial charge < -0.3 is 4.74 Å². The highest BCUT2D eigenvalue weighted by molar-refractivity contribution is 8.54. The lowest BCUT2D eigenvalue weighted by atomic mass is 9.80. The molecule has 138 valence electrons. The van der Waals surface area contributed by atoms with Crippen LogP contribution in [-0.4, -0.2) is 36.8 Å². The molecule has 0 radical (unpaired) electrons. The molecule has 24 heavy (non-hydrogen) atoms. The molecule has 1 N–H and O–H groups in total. The Morgan fingerprint density at radius 3 is 2.58 bits per heavy atom. The summed E-state index contributed by atoms with van der Waals surface area (Å²) in [5, 5.41) is 0.768. The quantitative estimate of drug-likeness (QED) is 0.192. The first-order chi connectivity index (χ1) is 11.4. The van der Waals surface area contributed by atoms with E-state index >= 15 is 0 Å². The van der Waals surface area contributed by atoms with Crippen molar-refractivity contribution in [2.75, 3.05) is 26.0 Å². The lowest BCUT2D eigenvalue weighted by Crippen LogP contribution is -2.60. The largest absolute Gasteiger partial charge is 0.377 e. The third-order valence-electron chi connectivity index (χ3n) is 4.14. The van der Waals surface area contributed by atoms with E-state index in [0.717, 1.165) is 12.0 Å². The Labute approximate surface area is 162 Å². The Hall–Kier alpha value is 0.430. The van der Waals surface area contributed by atoms with Crippen LogP contribution in [0.15, 0.2) is 28.4 Å². The fourth-order valence-corrected chi connectivity index (χ4v) is 6.09. The molecule has 0 amide bonds. The van der Waals surface area contributed by atoms with E-state index in [9.17, 15) is 0 Å². The molecule has 0 saturated carbocycles. The third kappa shape index (κ3) is 6.30. The number of aliphatic imine (C=N–C) groups is 1. The summed E-state index contributed by atoms with van der Waals surface area (Å²) < 4.78 is 9.21. The van der Waals surface area contributed by atoms with E-state index in [0.29, 0.717) is 29.5 Å². The molecule has 3 nitrogen and oxygen atoms in total. The smallest absolute Gasteiger partial charge is 0.132 e. The van der Waals surface area contributed by atoms with Gasteiger partial charge in [-0.3, -0.25) is 0 Å². The number of nitrogens with zero attached hydrogens (tertiary/aromatic N) is 1. The van der Waals surface area contributed by atoms with Gasteiger partial charge in [0.1, 0.15) is 10.3 Å².